The first-order valence-electron chi connectivity index (χ1n) is 13.0. The molecule has 11 heteroatoms. The maximum Gasteiger partial charge on any atom is 0.251 e. The van der Waals surface area contributed by atoms with E-state index in [-0.39, 0.29) is 13.1 Å². The lowest BCUT2D eigenvalue weighted by Crippen LogP contribution is -2.42. The summed E-state index contributed by atoms with van der Waals surface area (Å²) in [7, 11) is 3.01. The number of hydrogen-bond acceptors (Lipinski definition) is 6. The number of carbonyl (C=O) groups excluding carboxylic acids is 2. The number of benzene rings is 4. The summed E-state index contributed by atoms with van der Waals surface area (Å²) in [6.45, 7) is -0.183. The number of rotatable bonds is 10. The van der Waals surface area contributed by atoms with E-state index in [0.717, 1.165) is 0 Å². The highest BCUT2D eigenvalue weighted by Gasteiger charge is 2.33. The Kier molecular flexibility index (Phi) is 8.63. The van der Waals surface area contributed by atoms with Gasteiger partial charge < -0.3 is 19.7 Å². The van der Waals surface area contributed by atoms with E-state index in [0.29, 0.717) is 44.4 Å². The summed E-state index contributed by atoms with van der Waals surface area (Å²) in [6.07, 6.45) is 0. The van der Waals surface area contributed by atoms with Gasteiger partial charge in [-0.15, -0.1) is 5.10 Å². The predicted octanol–water partition coefficient (Wildman–Crippen LogP) is 5.65. The van der Waals surface area contributed by atoms with E-state index < -0.39 is 23.7 Å². The molecule has 0 saturated heterocycles. The minimum atomic E-state index is -1.11. The van der Waals surface area contributed by atoms with Gasteiger partial charge in [-0.1, -0.05) is 53.2 Å². The minimum absolute atomic E-state index is 0.00615. The van der Waals surface area contributed by atoms with Crippen molar-refractivity contribution >= 4 is 40.1 Å². The van der Waals surface area contributed by atoms with Crippen LogP contribution in [0.3, 0.4) is 0 Å². The Morgan fingerprint density at radius 3 is 2.43 bits per heavy atom. The van der Waals surface area contributed by atoms with Gasteiger partial charge in [0, 0.05) is 17.6 Å². The number of hydrogen-bond donors (Lipinski definition) is 1. The molecule has 9 nitrogen and oxygen atoms in total. The normalized spacial score (nSPS) is 11.6. The molecule has 5 aromatic rings. The molecule has 0 aliphatic heterocycles. The summed E-state index contributed by atoms with van der Waals surface area (Å²) in [5.74, 6) is -0.397. The molecule has 0 aliphatic carbocycles. The molecule has 0 radical (unpaired) electrons. The van der Waals surface area contributed by atoms with Gasteiger partial charge in [0.1, 0.15) is 35.4 Å². The van der Waals surface area contributed by atoms with E-state index in [2.05, 4.69) is 15.6 Å². The van der Waals surface area contributed by atoms with Crippen molar-refractivity contribution in [2.24, 2.45) is 0 Å². The van der Waals surface area contributed by atoms with E-state index >= 15 is 0 Å². The van der Waals surface area contributed by atoms with E-state index in [1.165, 1.54) is 35.9 Å². The smallest absolute Gasteiger partial charge is 0.251 e. The summed E-state index contributed by atoms with van der Waals surface area (Å²) < 4.78 is 26.0. The molecule has 0 spiro atoms. The van der Waals surface area contributed by atoms with Crippen LogP contribution >= 0.6 is 11.6 Å². The molecular weight excluding hydrogens is 561 g/mol. The molecule has 1 unspecified atom stereocenters. The number of fused-ring (bicyclic) bond motifs is 1. The lowest BCUT2D eigenvalue weighted by Gasteiger charge is -2.32. The third-order valence-corrected chi connectivity index (χ3v) is 6.96. The third kappa shape index (κ3) is 6.34. The molecule has 1 atom stereocenters. The Bertz CT molecular complexity index is 1710. The minimum Gasteiger partial charge on any atom is -0.497 e. The Balaban J connectivity index is 1.56. The average Bonchev–Trinajstić information content (AvgIpc) is 3.41. The Hall–Kier alpha value is -4.96. The number of methoxy groups -OCH3 is 2. The van der Waals surface area contributed by atoms with E-state index in [1.54, 1.807) is 60.7 Å². The van der Waals surface area contributed by atoms with Gasteiger partial charge in [0.2, 0.25) is 5.91 Å². The van der Waals surface area contributed by atoms with Crippen molar-refractivity contribution in [3.8, 4) is 11.5 Å². The van der Waals surface area contributed by atoms with Crippen LogP contribution < -0.4 is 14.8 Å². The van der Waals surface area contributed by atoms with Crippen LogP contribution in [0.2, 0.25) is 5.02 Å². The number of aromatic nitrogens is 3. The summed E-state index contributed by atoms with van der Waals surface area (Å²) in [6, 6.07) is 23.6. The maximum atomic E-state index is 14.1. The van der Waals surface area contributed by atoms with E-state index in [1.807, 2.05) is 18.2 Å². The van der Waals surface area contributed by atoms with Crippen molar-refractivity contribution in [3.05, 3.63) is 113 Å². The van der Waals surface area contributed by atoms with Gasteiger partial charge in [-0.3, -0.25) is 9.59 Å². The Labute approximate surface area is 246 Å². The molecule has 0 aliphatic rings. The molecule has 4 aromatic carbocycles. The number of halogens is 2. The monoisotopic (exact) mass is 587 g/mol. The highest BCUT2D eigenvalue weighted by atomic mass is 35.5. The summed E-state index contributed by atoms with van der Waals surface area (Å²) in [4.78, 5) is 29.6. The first-order chi connectivity index (χ1) is 20.4. The number of carbonyl (C=O) groups is 2. The van der Waals surface area contributed by atoms with Gasteiger partial charge in [0.15, 0.2) is 0 Å². The van der Waals surface area contributed by atoms with E-state index in [4.69, 9.17) is 21.1 Å². The summed E-state index contributed by atoms with van der Waals surface area (Å²) in [5.41, 5.74) is 2.83. The van der Waals surface area contributed by atoms with Crippen LogP contribution in [0.4, 0.5) is 10.1 Å². The van der Waals surface area contributed by atoms with Crippen molar-refractivity contribution < 1.29 is 23.5 Å². The average molecular weight is 588 g/mol. The second kappa shape index (κ2) is 12.7. The van der Waals surface area contributed by atoms with Gasteiger partial charge in [0.25, 0.3) is 5.91 Å². The zero-order valence-electron chi connectivity index (χ0n) is 22.8. The molecule has 0 saturated carbocycles. The summed E-state index contributed by atoms with van der Waals surface area (Å²) >= 11 is 6.17. The van der Waals surface area contributed by atoms with Gasteiger partial charge in [0.05, 0.1) is 25.4 Å². The van der Waals surface area contributed by atoms with Crippen molar-refractivity contribution in [3.63, 3.8) is 0 Å². The van der Waals surface area contributed by atoms with Crippen molar-refractivity contribution in [1.82, 2.24) is 19.9 Å². The molecule has 0 fully saturated rings. The molecule has 1 aromatic heterocycles. The van der Waals surface area contributed by atoms with Crippen LogP contribution in [-0.2, 0) is 22.7 Å². The van der Waals surface area contributed by atoms with Crippen LogP contribution in [-0.4, -0.2) is 45.9 Å². The fourth-order valence-corrected chi connectivity index (χ4v) is 4.71. The summed E-state index contributed by atoms with van der Waals surface area (Å²) in [5, 5.41) is 11.7. The number of nitrogens with zero attached hydrogens (tertiary/aromatic N) is 4. The first-order valence-corrected chi connectivity index (χ1v) is 13.3. The SMILES string of the molecule is COc1ccc(NC(=O)C(c2ccc(Cl)cc2)N(Cc2ccc(F)cc2)C(=O)Cn2nnc3ccccc32)c(OC)c1. The molecule has 2 amide bonds. The van der Waals surface area contributed by atoms with E-state index in [9.17, 15) is 14.0 Å². The zero-order chi connectivity index (χ0) is 29.6. The van der Waals surface area contributed by atoms with Crippen molar-refractivity contribution in [2.75, 3.05) is 19.5 Å². The quantitative estimate of drug-likeness (QED) is 0.227. The number of ether oxygens (including phenoxy) is 2. The topological polar surface area (TPSA) is 98.6 Å². The number of amides is 2. The fourth-order valence-electron chi connectivity index (χ4n) is 4.58. The van der Waals surface area contributed by atoms with Crippen LogP contribution in [0.1, 0.15) is 17.2 Å². The Morgan fingerprint density at radius 2 is 1.71 bits per heavy atom. The van der Waals surface area contributed by atoms with Gasteiger partial charge in [-0.25, -0.2) is 9.07 Å². The molecule has 1 N–H and O–H groups in total. The molecule has 1 heterocycles. The van der Waals surface area contributed by atoms with Gasteiger partial charge in [-0.2, -0.15) is 0 Å². The molecule has 0 bridgehead atoms. The molecule has 214 valence electrons. The standard InChI is InChI=1S/C31H27ClFN5O4/c1-41-24-15-16-26(28(17-24)42-2)34-31(40)30(21-9-11-22(32)12-10-21)37(18-20-7-13-23(33)14-8-20)29(39)19-38-27-6-4-3-5-25(27)35-36-38/h3-17,30H,18-19H2,1-2H3,(H,34,40). The highest BCUT2D eigenvalue weighted by Crippen LogP contribution is 2.32. The number of anilines is 1. The third-order valence-electron chi connectivity index (χ3n) is 6.70. The fraction of sp³-hybridized carbons (Fsp3) is 0.161. The highest BCUT2D eigenvalue weighted by molar-refractivity contribution is 6.30. The second-order valence-corrected chi connectivity index (χ2v) is 9.83. The van der Waals surface area contributed by atoms with Gasteiger partial charge in [-0.05, 0) is 59.7 Å². The first kappa shape index (κ1) is 28.6. The number of nitrogens with one attached hydrogen (secondary N) is 1. The van der Waals surface area contributed by atoms with Crippen LogP contribution in [0, 0.1) is 5.82 Å². The lowest BCUT2D eigenvalue weighted by atomic mass is 10.0. The molecular formula is C31H27ClFN5O4. The molecule has 42 heavy (non-hydrogen) atoms. The van der Waals surface area contributed by atoms with Crippen LogP contribution in [0.25, 0.3) is 11.0 Å². The number of para-hydroxylation sites is 1. The zero-order valence-corrected chi connectivity index (χ0v) is 23.6. The largest absolute Gasteiger partial charge is 0.497 e. The van der Waals surface area contributed by atoms with Crippen molar-refractivity contribution in [1.29, 1.82) is 0 Å². The predicted molar refractivity (Wildman–Crippen MR) is 157 cm³/mol. The maximum absolute atomic E-state index is 14.1. The lowest BCUT2D eigenvalue weighted by molar-refractivity contribution is -0.140. The van der Waals surface area contributed by atoms with Gasteiger partial charge >= 0.3 is 0 Å². The van der Waals surface area contributed by atoms with Crippen LogP contribution in [0.15, 0.2) is 91.0 Å². The van der Waals surface area contributed by atoms with Crippen molar-refractivity contribution in [2.45, 2.75) is 19.1 Å². The second-order valence-electron chi connectivity index (χ2n) is 9.39. The Morgan fingerprint density at radius 1 is 0.976 bits per heavy atom. The van der Waals surface area contributed by atoms with Crippen LogP contribution in [0.5, 0.6) is 11.5 Å². The molecule has 5 rings (SSSR count).